The molecule has 1 aliphatic carbocycles. The standard InChI is InChI=1S/C48H33N5/c1-4-15-31(16-5-1)46-49-47(32-17-6-2-7-18-32)51-48(50-46)41-30-35(29-33-19-14-24-36(33)41)53-43-26-13-11-23-38(43)40-28-27-39-37-22-10-12-25-42(37)52(44(39)45(40)53)34-20-8-3-9-21-34/h1-13,15-18,20-23,25-30H,14,19,24H2. The second kappa shape index (κ2) is 11.9. The fourth-order valence-corrected chi connectivity index (χ4v) is 8.56. The highest BCUT2D eigenvalue weighted by Gasteiger charge is 2.25. The second-order valence-electron chi connectivity index (χ2n) is 13.9. The zero-order valence-corrected chi connectivity index (χ0v) is 28.9. The number of fused-ring (bicyclic) bond motifs is 8. The molecule has 10 aromatic rings. The fourth-order valence-electron chi connectivity index (χ4n) is 8.56. The van der Waals surface area contributed by atoms with E-state index in [-0.39, 0.29) is 0 Å². The van der Waals surface area contributed by atoms with Gasteiger partial charge in [0.15, 0.2) is 17.5 Å². The predicted molar refractivity (Wildman–Crippen MR) is 217 cm³/mol. The first-order valence-electron chi connectivity index (χ1n) is 18.3. The topological polar surface area (TPSA) is 48.5 Å². The van der Waals surface area contributed by atoms with Gasteiger partial charge in [-0.25, -0.2) is 15.0 Å². The molecule has 0 saturated carbocycles. The molecule has 11 rings (SSSR count). The number of rotatable bonds is 5. The molecule has 5 heteroatoms. The number of aryl methyl sites for hydroxylation is 1. The number of para-hydroxylation sites is 3. The van der Waals surface area contributed by atoms with Gasteiger partial charge in [-0.15, -0.1) is 0 Å². The molecular formula is C48H33N5. The maximum absolute atomic E-state index is 5.22. The first-order valence-corrected chi connectivity index (χ1v) is 18.3. The van der Waals surface area contributed by atoms with Crippen molar-refractivity contribution < 1.29 is 0 Å². The van der Waals surface area contributed by atoms with Gasteiger partial charge < -0.3 is 9.13 Å². The minimum absolute atomic E-state index is 0.678. The number of hydrogen-bond acceptors (Lipinski definition) is 3. The average Bonchev–Trinajstić information content (AvgIpc) is 3.94. The van der Waals surface area contributed by atoms with Crippen molar-refractivity contribution in [2.24, 2.45) is 0 Å². The van der Waals surface area contributed by atoms with Crippen LogP contribution in [-0.2, 0) is 12.8 Å². The summed E-state index contributed by atoms with van der Waals surface area (Å²) in [5.74, 6) is 2.07. The van der Waals surface area contributed by atoms with Crippen molar-refractivity contribution in [3.05, 3.63) is 175 Å². The lowest BCUT2D eigenvalue weighted by molar-refractivity contribution is 0.911. The Morgan fingerprint density at radius 3 is 1.47 bits per heavy atom. The van der Waals surface area contributed by atoms with Crippen LogP contribution in [0.25, 0.3) is 89.2 Å². The predicted octanol–water partition coefficient (Wildman–Crippen LogP) is 11.6. The molecule has 0 saturated heterocycles. The highest BCUT2D eigenvalue weighted by Crippen LogP contribution is 2.43. The molecule has 0 fully saturated rings. The molecule has 53 heavy (non-hydrogen) atoms. The molecule has 1 aliphatic rings. The van der Waals surface area contributed by atoms with Crippen LogP contribution in [-0.4, -0.2) is 24.1 Å². The molecule has 5 nitrogen and oxygen atoms in total. The lowest BCUT2D eigenvalue weighted by atomic mass is 10.0. The normalized spacial score (nSPS) is 12.7. The third kappa shape index (κ3) is 4.67. The summed E-state index contributed by atoms with van der Waals surface area (Å²) in [7, 11) is 0. The van der Waals surface area contributed by atoms with Crippen LogP contribution < -0.4 is 0 Å². The molecule has 0 amide bonds. The van der Waals surface area contributed by atoms with Crippen molar-refractivity contribution in [2.75, 3.05) is 0 Å². The van der Waals surface area contributed by atoms with Crippen LogP contribution in [0, 0.1) is 0 Å². The molecule has 3 heterocycles. The summed E-state index contributed by atoms with van der Waals surface area (Å²) in [4.78, 5) is 15.5. The highest BCUT2D eigenvalue weighted by atomic mass is 15.1. The van der Waals surface area contributed by atoms with E-state index in [4.69, 9.17) is 15.0 Å². The second-order valence-corrected chi connectivity index (χ2v) is 13.9. The number of hydrogen-bond donors (Lipinski definition) is 0. The SMILES string of the molecule is c1ccc(-c2nc(-c3ccccc3)nc(-c3cc(-n4c5ccccc5c5ccc6c7ccccc7n(-c7ccccc7)c6c54)cc4c3CCC4)n2)cc1. The van der Waals surface area contributed by atoms with E-state index in [0.29, 0.717) is 17.5 Å². The molecule has 0 spiro atoms. The van der Waals surface area contributed by atoms with Crippen LogP contribution in [0.2, 0.25) is 0 Å². The smallest absolute Gasteiger partial charge is 0.164 e. The van der Waals surface area contributed by atoms with E-state index in [2.05, 4.69) is 137 Å². The molecule has 0 atom stereocenters. The average molecular weight is 680 g/mol. The van der Waals surface area contributed by atoms with Crippen molar-refractivity contribution in [3.8, 4) is 45.5 Å². The van der Waals surface area contributed by atoms with Crippen LogP contribution in [0.5, 0.6) is 0 Å². The van der Waals surface area contributed by atoms with E-state index in [1.807, 2.05) is 36.4 Å². The fraction of sp³-hybridized carbons (Fsp3) is 0.0625. The summed E-state index contributed by atoms with van der Waals surface area (Å²) < 4.78 is 4.94. The molecule has 0 unspecified atom stereocenters. The van der Waals surface area contributed by atoms with Crippen LogP contribution in [0.1, 0.15) is 17.5 Å². The Bertz CT molecular complexity index is 2960. The van der Waals surface area contributed by atoms with E-state index in [1.165, 1.54) is 54.7 Å². The van der Waals surface area contributed by atoms with Crippen LogP contribution in [0.4, 0.5) is 0 Å². The third-order valence-electron chi connectivity index (χ3n) is 10.9. The Hall–Kier alpha value is -6.85. The Morgan fingerprint density at radius 2 is 0.887 bits per heavy atom. The lowest BCUT2D eigenvalue weighted by Gasteiger charge is -2.16. The van der Waals surface area contributed by atoms with E-state index in [0.717, 1.165) is 47.3 Å². The van der Waals surface area contributed by atoms with Gasteiger partial charge in [-0.05, 0) is 66.8 Å². The van der Waals surface area contributed by atoms with Gasteiger partial charge in [-0.2, -0.15) is 0 Å². The van der Waals surface area contributed by atoms with Gasteiger partial charge in [0.2, 0.25) is 0 Å². The van der Waals surface area contributed by atoms with Gasteiger partial charge >= 0.3 is 0 Å². The highest BCUT2D eigenvalue weighted by molar-refractivity contribution is 6.23. The minimum Gasteiger partial charge on any atom is -0.307 e. The molecule has 0 N–H and O–H groups in total. The maximum Gasteiger partial charge on any atom is 0.164 e. The van der Waals surface area contributed by atoms with E-state index < -0.39 is 0 Å². The zero-order valence-electron chi connectivity index (χ0n) is 28.9. The Kier molecular flexibility index (Phi) is 6.68. The summed E-state index contributed by atoms with van der Waals surface area (Å²) in [6.45, 7) is 0. The Labute approximate surface area is 306 Å². The molecule has 0 radical (unpaired) electrons. The van der Waals surface area contributed by atoms with Gasteiger partial charge in [0, 0.05) is 49.6 Å². The van der Waals surface area contributed by atoms with Crippen molar-refractivity contribution in [3.63, 3.8) is 0 Å². The van der Waals surface area contributed by atoms with Crippen LogP contribution in [0.15, 0.2) is 164 Å². The maximum atomic E-state index is 5.22. The van der Waals surface area contributed by atoms with Crippen molar-refractivity contribution in [1.29, 1.82) is 0 Å². The molecule has 3 aromatic heterocycles. The summed E-state index contributed by atoms with van der Waals surface area (Å²) >= 11 is 0. The number of nitrogens with zero attached hydrogens (tertiary/aromatic N) is 5. The Balaban J connectivity index is 1.24. The Morgan fingerprint density at radius 1 is 0.396 bits per heavy atom. The molecule has 0 aliphatic heterocycles. The molecule has 250 valence electrons. The van der Waals surface area contributed by atoms with Gasteiger partial charge in [0.05, 0.1) is 22.1 Å². The van der Waals surface area contributed by atoms with Crippen molar-refractivity contribution in [2.45, 2.75) is 19.3 Å². The first kappa shape index (κ1) is 29.8. The van der Waals surface area contributed by atoms with Gasteiger partial charge in [0.1, 0.15) is 0 Å². The van der Waals surface area contributed by atoms with Crippen LogP contribution in [0.3, 0.4) is 0 Å². The summed E-state index contributed by atoms with van der Waals surface area (Å²) in [6, 6.07) is 58.2. The molecule has 7 aromatic carbocycles. The zero-order chi connectivity index (χ0) is 34.9. The number of benzene rings is 7. The minimum atomic E-state index is 0.678. The molecular weight excluding hydrogens is 647 g/mol. The van der Waals surface area contributed by atoms with Crippen molar-refractivity contribution in [1.82, 2.24) is 24.1 Å². The third-order valence-corrected chi connectivity index (χ3v) is 10.9. The first-order chi connectivity index (χ1) is 26.3. The van der Waals surface area contributed by atoms with E-state index in [1.54, 1.807) is 0 Å². The summed E-state index contributed by atoms with van der Waals surface area (Å²) in [6.07, 6.45) is 3.13. The largest absolute Gasteiger partial charge is 0.307 e. The van der Waals surface area contributed by atoms with E-state index in [9.17, 15) is 0 Å². The van der Waals surface area contributed by atoms with Crippen LogP contribution >= 0.6 is 0 Å². The summed E-state index contributed by atoms with van der Waals surface area (Å²) in [5.41, 5.74) is 12.7. The van der Waals surface area contributed by atoms with Crippen molar-refractivity contribution >= 4 is 43.6 Å². The molecule has 0 bridgehead atoms. The van der Waals surface area contributed by atoms with Gasteiger partial charge in [0.25, 0.3) is 0 Å². The summed E-state index contributed by atoms with van der Waals surface area (Å²) in [5, 5.41) is 4.94. The van der Waals surface area contributed by atoms with Gasteiger partial charge in [-0.1, -0.05) is 127 Å². The number of aromatic nitrogens is 5. The quantitative estimate of drug-likeness (QED) is 0.182. The van der Waals surface area contributed by atoms with Gasteiger partial charge in [-0.3, -0.25) is 0 Å². The monoisotopic (exact) mass is 679 g/mol. The van der Waals surface area contributed by atoms with E-state index >= 15 is 0 Å². The lowest BCUT2D eigenvalue weighted by Crippen LogP contribution is -2.04.